The minimum Gasteiger partial charge on any atom is -0.299 e. The maximum Gasteiger partial charge on any atom is 0.136 e. The summed E-state index contributed by atoms with van der Waals surface area (Å²) in [6, 6.07) is 0. The molecular formula is C9H16O. The molecule has 1 heteroatoms. The molecule has 0 aliphatic heterocycles. The molecule has 1 aliphatic carbocycles. The molecule has 0 amide bonds. The third-order valence-corrected chi connectivity index (χ3v) is 2.35. The fourth-order valence-corrected chi connectivity index (χ4v) is 1.73. The summed E-state index contributed by atoms with van der Waals surface area (Å²) in [4.78, 5) is 11.2. The summed E-state index contributed by atoms with van der Waals surface area (Å²) < 4.78 is 0. The Morgan fingerprint density at radius 2 is 2.00 bits per heavy atom. The van der Waals surface area contributed by atoms with E-state index in [1.54, 1.807) is 0 Å². The molecule has 0 radical (unpaired) electrons. The first-order valence-electron chi connectivity index (χ1n) is 4.04. The molecule has 0 saturated heterocycles. The van der Waals surface area contributed by atoms with E-state index < -0.39 is 0 Å². The predicted octanol–water partition coefficient (Wildman–Crippen LogP) is 2.40. The second-order valence-electron chi connectivity index (χ2n) is 4.28. The number of rotatable bonds is 0. The van der Waals surface area contributed by atoms with Crippen LogP contribution in [0, 0.1) is 11.3 Å². The van der Waals surface area contributed by atoms with E-state index in [9.17, 15) is 4.79 Å². The Morgan fingerprint density at radius 1 is 1.40 bits per heavy atom. The van der Waals surface area contributed by atoms with E-state index in [4.69, 9.17) is 0 Å². The number of hydrogen-bond donors (Lipinski definition) is 0. The quantitative estimate of drug-likeness (QED) is 0.505. The van der Waals surface area contributed by atoms with Gasteiger partial charge >= 0.3 is 0 Å². The third kappa shape index (κ3) is 1.39. The summed E-state index contributed by atoms with van der Waals surface area (Å²) in [6.07, 6.45) is 3.05. The largest absolute Gasteiger partial charge is 0.299 e. The maximum atomic E-state index is 11.2. The fourth-order valence-electron chi connectivity index (χ4n) is 1.73. The molecule has 1 nitrogen and oxygen atoms in total. The topological polar surface area (TPSA) is 17.1 Å². The minimum absolute atomic E-state index is 0.202. The summed E-state index contributed by atoms with van der Waals surface area (Å²) in [5.41, 5.74) is 0.202. The van der Waals surface area contributed by atoms with Gasteiger partial charge in [-0.3, -0.25) is 4.79 Å². The fraction of sp³-hybridized carbons (Fsp3) is 0.889. The van der Waals surface area contributed by atoms with Crippen LogP contribution < -0.4 is 0 Å². The molecule has 0 aromatic carbocycles. The molecule has 1 aliphatic rings. The molecule has 0 aromatic heterocycles. The van der Waals surface area contributed by atoms with Crippen molar-refractivity contribution in [1.29, 1.82) is 0 Å². The zero-order valence-electron chi connectivity index (χ0n) is 7.11. The van der Waals surface area contributed by atoms with Crippen molar-refractivity contribution < 1.29 is 4.79 Å². The molecule has 1 fully saturated rings. The van der Waals surface area contributed by atoms with Gasteiger partial charge in [0.05, 0.1) is 0 Å². The van der Waals surface area contributed by atoms with Crippen LogP contribution >= 0.6 is 0 Å². The van der Waals surface area contributed by atoms with Crippen molar-refractivity contribution in [1.82, 2.24) is 0 Å². The Bertz CT molecular complexity index is 141. The van der Waals surface area contributed by atoms with E-state index >= 15 is 0 Å². The highest BCUT2D eigenvalue weighted by atomic mass is 16.1. The molecule has 0 spiro atoms. The SMILES string of the molecule is CC(C)(C)C1CCCC1=O. The Kier molecular flexibility index (Phi) is 1.84. The average molecular weight is 140 g/mol. The number of carbonyl (C=O) groups is 1. The lowest BCUT2D eigenvalue weighted by Crippen LogP contribution is -2.23. The molecule has 0 aromatic rings. The van der Waals surface area contributed by atoms with Crippen LogP contribution in [0.3, 0.4) is 0 Å². The van der Waals surface area contributed by atoms with Gasteiger partial charge in [-0.25, -0.2) is 0 Å². The van der Waals surface area contributed by atoms with Crippen LogP contribution in [-0.4, -0.2) is 5.78 Å². The molecule has 0 N–H and O–H groups in total. The van der Waals surface area contributed by atoms with Crippen LogP contribution in [0.2, 0.25) is 0 Å². The number of hydrogen-bond acceptors (Lipinski definition) is 1. The highest BCUT2D eigenvalue weighted by Crippen LogP contribution is 2.36. The van der Waals surface area contributed by atoms with Crippen LogP contribution in [0.25, 0.3) is 0 Å². The molecule has 0 bridgehead atoms. The van der Waals surface area contributed by atoms with Gasteiger partial charge in [0.25, 0.3) is 0 Å². The second kappa shape index (κ2) is 2.37. The first-order chi connectivity index (χ1) is 4.52. The van der Waals surface area contributed by atoms with E-state index in [0.29, 0.717) is 11.7 Å². The summed E-state index contributed by atoms with van der Waals surface area (Å²) in [5.74, 6) is 0.819. The number of carbonyl (C=O) groups excluding carboxylic acids is 1. The van der Waals surface area contributed by atoms with E-state index in [1.807, 2.05) is 0 Å². The van der Waals surface area contributed by atoms with Gasteiger partial charge in [0, 0.05) is 12.3 Å². The Balaban J connectivity index is 2.64. The van der Waals surface area contributed by atoms with Gasteiger partial charge < -0.3 is 0 Å². The lowest BCUT2D eigenvalue weighted by molar-refractivity contribution is -0.123. The summed E-state index contributed by atoms with van der Waals surface area (Å²) in [7, 11) is 0. The van der Waals surface area contributed by atoms with Crippen molar-refractivity contribution in [3.05, 3.63) is 0 Å². The van der Waals surface area contributed by atoms with Gasteiger partial charge in [-0.2, -0.15) is 0 Å². The third-order valence-electron chi connectivity index (χ3n) is 2.35. The Morgan fingerprint density at radius 3 is 2.20 bits per heavy atom. The molecule has 0 heterocycles. The van der Waals surface area contributed by atoms with Crippen molar-refractivity contribution in [3.63, 3.8) is 0 Å². The van der Waals surface area contributed by atoms with Crippen molar-refractivity contribution >= 4 is 5.78 Å². The van der Waals surface area contributed by atoms with E-state index in [2.05, 4.69) is 20.8 Å². The molecule has 10 heavy (non-hydrogen) atoms. The molecule has 1 rings (SSSR count). The maximum absolute atomic E-state index is 11.2. The molecular weight excluding hydrogens is 124 g/mol. The monoisotopic (exact) mass is 140 g/mol. The Labute approximate surface area is 62.8 Å². The van der Waals surface area contributed by atoms with Crippen molar-refractivity contribution in [3.8, 4) is 0 Å². The summed E-state index contributed by atoms with van der Waals surface area (Å²) >= 11 is 0. The average Bonchev–Trinajstić information content (AvgIpc) is 2.11. The highest BCUT2D eigenvalue weighted by Gasteiger charge is 2.34. The van der Waals surface area contributed by atoms with E-state index in [-0.39, 0.29) is 5.41 Å². The molecule has 1 atom stereocenters. The lowest BCUT2D eigenvalue weighted by atomic mass is 9.79. The van der Waals surface area contributed by atoms with Gasteiger partial charge in [-0.15, -0.1) is 0 Å². The number of ketones is 1. The van der Waals surface area contributed by atoms with Crippen molar-refractivity contribution in [2.24, 2.45) is 11.3 Å². The van der Waals surface area contributed by atoms with Crippen LogP contribution in [-0.2, 0) is 4.79 Å². The van der Waals surface area contributed by atoms with Crippen LogP contribution in [0.4, 0.5) is 0 Å². The van der Waals surface area contributed by atoms with Crippen LogP contribution in [0.5, 0.6) is 0 Å². The van der Waals surface area contributed by atoms with Gasteiger partial charge in [0.15, 0.2) is 0 Å². The molecule has 1 unspecified atom stereocenters. The predicted molar refractivity (Wildman–Crippen MR) is 41.8 cm³/mol. The van der Waals surface area contributed by atoms with Crippen molar-refractivity contribution in [2.75, 3.05) is 0 Å². The summed E-state index contributed by atoms with van der Waals surface area (Å²) in [5, 5.41) is 0. The molecule has 1 saturated carbocycles. The smallest absolute Gasteiger partial charge is 0.136 e. The zero-order valence-corrected chi connectivity index (χ0v) is 7.11. The number of Topliss-reactive ketones (excluding diaryl/α,β-unsaturated/α-hetero) is 1. The Hall–Kier alpha value is -0.330. The first kappa shape index (κ1) is 7.77. The first-order valence-corrected chi connectivity index (χ1v) is 4.04. The van der Waals surface area contributed by atoms with Crippen LogP contribution in [0.15, 0.2) is 0 Å². The van der Waals surface area contributed by atoms with E-state index in [1.165, 1.54) is 0 Å². The second-order valence-corrected chi connectivity index (χ2v) is 4.28. The summed E-state index contributed by atoms with van der Waals surface area (Å²) in [6.45, 7) is 6.46. The highest BCUT2D eigenvalue weighted by molar-refractivity contribution is 5.83. The lowest BCUT2D eigenvalue weighted by Gasteiger charge is -2.24. The van der Waals surface area contributed by atoms with Gasteiger partial charge in [-0.05, 0) is 18.3 Å². The van der Waals surface area contributed by atoms with Gasteiger partial charge in [0.2, 0.25) is 0 Å². The van der Waals surface area contributed by atoms with Gasteiger partial charge in [0.1, 0.15) is 5.78 Å². The van der Waals surface area contributed by atoms with E-state index in [0.717, 1.165) is 19.3 Å². The van der Waals surface area contributed by atoms with Crippen LogP contribution in [0.1, 0.15) is 40.0 Å². The van der Waals surface area contributed by atoms with Gasteiger partial charge in [-0.1, -0.05) is 20.8 Å². The molecule has 58 valence electrons. The van der Waals surface area contributed by atoms with Crippen molar-refractivity contribution in [2.45, 2.75) is 40.0 Å². The minimum atomic E-state index is 0.202. The standard InChI is InChI=1S/C9H16O/c1-9(2,3)7-5-4-6-8(7)10/h7H,4-6H2,1-3H3. The normalized spacial score (nSPS) is 27.5. The zero-order chi connectivity index (χ0) is 7.78.